The largest absolute Gasteiger partial charge is 0.364 e. The highest BCUT2D eigenvalue weighted by Crippen LogP contribution is 2.18. The minimum absolute atomic E-state index is 0.0341. The Balaban J connectivity index is 2.91. The molecule has 0 saturated heterocycles. The number of pyridine rings is 1. The number of hydrogen-bond acceptors (Lipinski definition) is 4. The minimum Gasteiger partial charge on any atom is -0.364 e. The van der Waals surface area contributed by atoms with Gasteiger partial charge in [0.05, 0.1) is 4.92 Å². The van der Waals surface area contributed by atoms with Crippen molar-refractivity contribution in [2.75, 3.05) is 5.32 Å². The summed E-state index contributed by atoms with van der Waals surface area (Å²) in [4.78, 5) is 14.2. The molecule has 1 aromatic rings. The minimum atomic E-state index is -0.441. The Labute approximate surface area is 88.0 Å². The van der Waals surface area contributed by atoms with Crippen molar-refractivity contribution < 1.29 is 4.92 Å². The monoisotopic (exact) mass is 207 g/mol. The summed E-state index contributed by atoms with van der Waals surface area (Å²) in [5.41, 5.74) is 0.438. The molecule has 1 atom stereocenters. The van der Waals surface area contributed by atoms with Crippen LogP contribution in [0.25, 0.3) is 0 Å². The van der Waals surface area contributed by atoms with Gasteiger partial charge in [0.15, 0.2) is 0 Å². The third-order valence-corrected chi connectivity index (χ3v) is 1.98. The molecule has 1 heterocycles. The summed E-state index contributed by atoms with van der Waals surface area (Å²) in [6.45, 7) is 7.16. The predicted octanol–water partition coefficient (Wildman–Crippen LogP) is 2.28. The van der Waals surface area contributed by atoms with E-state index in [0.717, 1.165) is 0 Å². The smallest absolute Gasteiger partial charge is 0.290 e. The zero-order chi connectivity index (χ0) is 11.4. The van der Waals surface area contributed by atoms with Gasteiger partial charge in [-0.05, 0) is 19.9 Å². The summed E-state index contributed by atoms with van der Waals surface area (Å²) in [6.07, 6.45) is 1.73. The molecule has 0 aliphatic carbocycles. The molecule has 1 unspecified atom stereocenters. The van der Waals surface area contributed by atoms with Gasteiger partial charge in [0.25, 0.3) is 5.69 Å². The second-order valence-electron chi connectivity index (χ2n) is 3.23. The fourth-order valence-electron chi connectivity index (χ4n) is 1.12. The number of aryl methyl sites for hydroxylation is 1. The van der Waals surface area contributed by atoms with Crippen LogP contribution in [0.1, 0.15) is 12.6 Å². The summed E-state index contributed by atoms with van der Waals surface area (Å²) >= 11 is 0. The van der Waals surface area contributed by atoms with Crippen LogP contribution in [0.3, 0.4) is 0 Å². The van der Waals surface area contributed by atoms with Crippen LogP contribution < -0.4 is 5.32 Å². The molecule has 0 radical (unpaired) electrons. The number of aromatic nitrogens is 1. The van der Waals surface area contributed by atoms with Crippen molar-refractivity contribution in [1.82, 2.24) is 4.98 Å². The van der Waals surface area contributed by atoms with E-state index in [4.69, 9.17) is 0 Å². The molecule has 0 aliphatic heterocycles. The van der Waals surface area contributed by atoms with Gasteiger partial charge in [-0.15, -0.1) is 6.58 Å². The van der Waals surface area contributed by atoms with Gasteiger partial charge in [-0.2, -0.15) is 0 Å². The standard InChI is InChI=1S/C10H13N3O2/c1-4-7(2)11-10-6-5-9(13(14)15)8(3)12-10/h4-7H,1H2,2-3H3,(H,11,12). The molecule has 1 aromatic heterocycles. The van der Waals surface area contributed by atoms with Gasteiger partial charge in [-0.1, -0.05) is 6.08 Å². The Morgan fingerprint density at radius 1 is 1.67 bits per heavy atom. The van der Waals surface area contributed by atoms with E-state index in [1.165, 1.54) is 6.07 Å². The van der Waals surface area contributed by atoms with Crippen LogP contribution in [-0.2, 0) is 0 Å². The lowest BCUT2D eigenvalue weighted by molar-refractivity contribution is -0.385. The average Bonchev–Trinajstić information content (AvgIpc) is 2.17. The molecule has 0 fully saturated rings. The van der Waals surface area contributed by atoms with E-state index in [0.29, 0.717) is 11.5 Å². The number of nitro groups is 1. The van der Waals surface area contributed by atoms with E-state index in [1.54, 1.807) is 19.1 Å². The fraction of sp³-hybridized carbons (Fsp3) is 0.300. The highest BCUT2D eigenvalue weighted by Gasteiger charge is 2.11. The molecule has 1 rings (SSSR count). The van der Waals surface area contributed by atoms with Crippen LogP contribution in [0.15, 0.2) is 24.8 Å². The maximum atomic E-state index is 10.5. The van der Waals surface area contributed by atoms with Crippen LogP contribution in [0.4, 0.5) is 11.5 Å². The number of rotatable bonds is 4. The fourth-order valence-corrected chi connectivity index (χ4v) is 1.12. The Hall–Kier alpha value is -1.91. The molecule has 0 aromatic carbocycles. The summed E-state index contributed by atoms with van der Waals surface area (Å²) in [5, 5.41) is 13.6. The topological polar surface area (TPSA) is 68.1 Å². The first-order valence-corrected chi connectivity index (χ1v) is 4.55. The van der Waals surface area contributed by atoms with E-state index in [2.05, 4.69) is 16.9 Å². The maximum absolute atomic E-state index is 10.5. The Morgan fingerprint density at radius 2 is 2.33 bits per heavy atom. The predicted molar refractivity (Wildman–Crippen MR) is 58.9 cm³/mol. The summed E-state index contributed by atoms with van der Waals surface area (Å²) in [6, 6.07) is 3.12. The third-order valence-electron chi connectivity index (χ3n) is 1.98. The van der Waals surface area contributed by atoms with Gasteiger partial charge >= 0.3 is 0 Å². The summed E-state index contributed by atoms with van der Waals surface area (Å²) < 4.78 is 0. The van der Waals surface area contributed by atoms with Crippen molar-refractivity contribution in [2.45, 2.75) is 19.9 Å². The first kappa shape index (κ1) is 11.2. The third kappa shape index (κ3) is 2.77. The molecule has 0 spiro atoms. The van der Waals surface area contributed by atoms with E-state index in [-0.39, 0.29) is 11.7 Å². The van der Waals surface area contributed by atoms with Crippen LogP contribution in [0.2, 0.25) is 0 Å². The molecule has 0 aliphatic rings. The SMILES string of the molecule is C=CC(C)Nc1ccc([N+](=O)[O-])c(C)n1. The molecular formula is C10H13N3O2. The van der Waals surface area contributed by atoms with Crippen LogP contribution >= 0.6 is 0 Å². The molecule has 5 heteroatoms. The number of nitrogens with zero attached hydrogens (tertiary/aromatic N) is 2. The van der Waals surface area contributed by atoms with E-state index in [9.17, 15) is 10.1 Å². The van der Waals surface area contributed by atoms with Crippen molar-refractivity contribution in [3.05, 3.63) is 40.6 Å². The summed E-state index contributed by atoms with van der Waals surface area (Å²) in [5.74, 6) is 0.616. The van der Waals surface area contributed by atoms with Gasteiger partial charge in [0, 0.05) is 12.1 Å². The van der Waals surface area contributed by atoms with Crippen LogP contribution in [0, 0.1) is 17.0 Å². The zero-order valence-electron chi connectivity index (χ0n) is 8.73. The highest BCUT2D eigenvalue weighted by molar-refractivity contribution is 5.45. The van der Waals surface area contributed by atoms with E-state index < -0.39 is 4.92 Å². The van der Waals surface area contributed by atoms with Crippen LogP contribution in [0.5, 0.6) is 0 Å². The molecular weight excluding hydrogens is 194 g/mol. The lowest BCUT2D eigenvalue weighted by Gasteiger charge is -2.09. The lowest BCUT2D eigenvalue weighted by atomic mass is 10.3. The van der Waals surface area contributed by atoms with E-state index >= 15 is 0 Å². The Bertz CT molecular complexity index is 390. The van der Waals surface area contributed by atoms with Crippen molar-refractivity contribution in [1.29, 1.82) is 0 Å². The first-order valence-electron chi connectivity index (χ1n) is 4.55. The number of nitrogens with one attached hydrogen (secondary N) is 1. The molecule has 15 heavy (non-hydrogen) atoms. The van der Waals surface area contributed by atoms with Gasteiger partial charge < -0.3 is 5.32 Å². The average molecular weight is 207 g/mol. The van der Waals surface area contributed by atoms with Crippen molar-refractivity contribution in [2.24, 2.45) is 0 Å². The molecule has 0 bridgehead atoms. The van der Waals surface area contributed by atoms with Gasteiger partial charge in [-0.3, -0.25) is 10.1 Å². The molecule has 0 saturated carbocycles. The Kier molecular flexibility index (Phi) is 3.38. The van der Waals surface area contributed by atoms with Crippen molar-refractivity contribution in [3.8, 4) is 0 Å². The zero-order valence-corrected chi connectivity index (χ0v) is 8.73. The number of anilines is 1. The molecule has 5 nitrogen and oxygen atoms in total. The molecule has 0 amide bonds. The second kappa shape index (κ2) is 4.54. The molecule has 1 N–H and O–H groups in total. The lowest BCUT2D eigenvalue weighted by Crippen LogP contribution is -2.12. The van der Waals surface area contributed by atoms with Crippen molar-refractivity contribution >= 4 is 11.5 Å². The highest BCUT2D eigenvalue weighted by atomic mass is 16.6. The first-order chi connectivity index (χ1) is 7.04. The summed E-state index contributed by atoms with van der Waals surface area (Å²) in [7, 11) is 0. The quantitative estimate of drug-likeness (QED) is 0.467. The number of hydrogen-bond donors (Lipinski definition) is 1. The van der Waals surface area contributed by atoms with Gasteiger partial charge in [-0.25, -0.2) is 4.98 Å². The van der Waals surface area contributed by atoms with Gasteiger partial charge in [0.2, 0.25) is 0 Å². The van der Waals surface area contributed by atoms with Crippen molar-refractivity contribution in [3.63, 3.8) is 0 Å². The van der Waals surface area contributed by atoms with Crippen LogP contribution in [-0.4, -0.2) is 15.9 Å². The maximum Gasteiger partial charge on any atom is 0.290 e. The normalized spacial score (nSPS) is 11.9. The second-order valence-corrected chi connectivity index (χ2v) is 3.23. The molecule has 80 valence electrons. The van der Waals surface area contributed by atoms with E-state index in [1.807, 2.05) is 6.92 Å². The Morgan fingerprint density at radius 3 is 2.80 bits per heavy atom. The van der Waals surface area contributed by atoms with Gasteiger partial charge in [0.1, 0.15) is 11.5 Å².